The van der Waals surface area contributed by atoms with E-state index in [0.717, 1.165) is 0 Å². The van der Waals surface area contributed by atoms with Gasteiger partial charge in [-0.05, 0) is 6.07 Å². The molecule has 0 saturated carbocycles. The van der Waals surface area contributed by atoms with Gasteiger partial charge in [0.15, 0.2) is 0 Å². The minimum absolute atomic E-state index is 0.104. The molecule has 0 aromatic carbocycles. The van der Waals surface area contributed by atoms with Crippen molar-refractivity contribution in [1.29, 1.82) is 0 Å². The molecule has 1 aromatic heterocycles. The lowest BCUT2D eigenvalue weighted by Gasteiger charge is -2.26. The highest BCUT2D eigenvalue weighted by molar-refractivity contribution is 6.32. The van der Waals surface area contributed by atoms with Crippen LogP contribution < -0.4 is 5.73 Å². The number of halogens is 1. The van der Waals surface area contributed by atoms with E-state index >= 15 is 0 Å². The van der Waals surface area contributed by atoms with Crippen LogP contribution in [0.4, 0.5) is 5.82 Å². The maximum Gasteiger partial charge on any atom is 0.223 e. The summed E-state index contributed by atoms with van der Waals surface area (Å²) in [4.78, 5) is 17.6. The van der Waals surface area contributed by atoms with E-state index in [1.807, 2.05) is 0 Å². The lowest BCUT2D eigenvalue weighted by Crippen LogP contribution is -2.40. The Labute approximate surface area is 123 Å². The van der Waals surface area contributed by atoms with Crippen molar-refractivity contribution in [2.45, 2.75) is 12.8 Å². The summed E-state index contributed by atoms with van der Waals surface area (Å²) in [6.45, 7) is 2.54. The zero-order valence-electron chi connectivity index (χ0n) is 11.1. The third-order valence-corrected chi connectivity index (χ3v) is 3.29. The number of nitrogens with zero attached hydrogens (tertiary/aromatic N) is 2. The number of anilines is 1. The van der Waals surface area contributed by atoms with E-state index in [4.69, 9.17) is 22.1 Å². The first-order chi connectivity index (χ1) is 9.68. The van der Waals surface area contributed by atoms with Gasteiger partial charge in [-0.15, -0.1) is 0 Å². The number of nitrogen functional groups attached to an aromatic ring is 1. The number of ether oxygens (including phenoxy) is 1. The molecule has 106 valence electrons. The molecule has 0 radical (unpaired) electrons. The molecule has 20 heavy (non-hydrogen) atoms. The Bertz CT molecular complexity index is 525. The summed E-state index contributed by atoms with van der Waals surface area (Å²) in [7, 11) is 0. The Kier molecular flexibility index (Phi) is 5.22. The topological polar surface area (TPSA) is 68.5 Å². The van der Waals surface area contributed by atoms with Crippen LogP contribution in [-0.2, 0) is 9.53 Å². The first kappa shape index (κ1) is 14.6. The van der Waals surface area contributed by atoms with Gasteiger partial charge in [0.25, 0.3) is 0 Å². The maximum atomic E-state index is 11.9. The predicted molar refractivity (Wildman–Crippen MR) is 77.2 cm³/mol. The SMILES string of the molecule is Nc1nccc(Cl)c1C#CCCC(=O)N1CCOCC1. The van der Waals surface area contributed by atoms with E-state index in [1.165, 1.54) is 6.20 Å². The molecule has 5 nitrogen and oxygen atoms in total. The highest BCUT2D eigenvalue weighted by Crippen LogP contribution is 2.18. The Hall–Kier alpha value is -1.77. The number of amides is 1. The summed E-state index contributed by atoms with van der Waals surface area (Å²) in [5, 5.41) is 0.476. The fourth-order valence-corrected chi connectivity index (χ4v) is 2.07. The standard InChI is InChI=1S/C14H16ClN3O2/c15-12-5-6-17-14(16)11(12)3-1-2-4-13(19)18-7-9-20-10-8-18/h5-6H,2,4,7-10H2,(H2,16,17). The lowest BCUT2D eigenvalue weighted by atomic mass is 10.2. The van der Waals surface area contributed by atoms with Crippen molar-refractivity contribution >= 4 is 23.3 Å². The van der Waals surface area contributed by atoms with Crippen LogP contribution in [0.25, 0.3) is 0 Å². The molecular formula is C14H16ClN3O2. The third kappa shape index (κ3) is 3.86. The van der Waals surface area contributed by atoms with Gasteiger partial charge in [-0.2, -0.15) is 0 Å². The number of pyridine rings is 1. The molecule has 1 aliphatic rings. The molecular weight excluding hydrogens is 278 g/mol. The zero-order valence-corrected chi connectivity index (χ0v) is 11.8. The van der Waals surface area contributed by atoms with E-state index in [2.05, 4.69) is 16.8 Å². The van der Waals surface area contributed by atoms with Crippen molar-refractivity contribution in [3.8, 4) is 11.8 Å². The van der Waals surface area contributed by atoms with Crippen LogP contribution in [-0.4, -0.2) is 42.1 Å². The smallest absolute Gasteiger partial charge is 0.223 e. The third-order valence-electron chi connectivity index (χ3n) is 2.97. The Morgan fingerprint density at radius 3 is 2.95 bits per heavy atom. The second-order valence-corrected chi connectivity index (χ2v) is 4.76. The molecule has 2 rings (SSSR count). The number of morpholine rings is 1. The van der Waals surface area contributed by atoms with Crippen LogP contribution in [0.2, 0.25) is 5.02 Å². The van der Waals surface area contributed by atoms with E-state index in [9.17, 15) is 4.79 Å². The molecule has 1 amide bonds. The average molecular weight is 294 g/mol. The average Bonchev–Trinajstić information content (AvgIpc) is 2.46. The molecule has 1 fully saturated rings. The van der Waals surface area contributed by atoms with E-state index in [1.54, 1.807) is 11.0 Å². The van der Waals surface area contributed by atoms with Gasteiger partial charge in [-0.3, -0.25) is 4.79 Å². The van der Waals surface area contributed by atoms with Crippen LogP contribution in [0.15, 0.2) is 12.3 Å². The van der Waals surface area contributed by atoms with Crippen LogP contribution in [0, 0.1) is 11.8 Å². The van der Waals surface area contributed by atoms with E-state index < -0.39 is 0 Å². The normalized spacial score (nSPS) is 14.6. The number of hydrogen-bond acceptors (Lipinski definition) is 4. The van der Waals surface area contributed by atoms with Crippen LogP contribution >= 0.6 is 11.6 Å². The predicted octanol–water partition coefficient (Wildman–Crippen LogP) is 1.31. The van der Waals surface area contributed by atoms with Gasteiger partial charge in [0.05, 0.1) is 23.8 Å². The number of carbonyl (C=O) groups is 1. The van der Waals surface area contributed by atoms with Gasteiger partial charge in [0, 0.05) is 32.1 Å². The number of rotatable bonds is 2. The van der Waals surface area contributed by atoms with Gasteiger partial charge < -0.3 is 15.4 Å². The van der Waals surface area contributed by atoms with Gasteiger partial charge in [-0.25, -0.2) is 4.98 Å². The number of hydrogen-bond donors (Lipinski definition) is 1. The van der Waals surface area contributed by atoms with E-state index in [0.29, 0.717) is 55.5 Å². The summed E-state index contributed by atoms with van der Waals surface area (Å²) in [6.07, 6.45) is 2.40. The van der Waals surface area contributed by atoms with Crippen molar-refractivity contribution in [3.05, 3.63) is 22.8 Å². The molecule has 2 N–H and O–H groups in total. The molecule has 0 unspecified atom stereocenters. The maximum absolute atomic E-state index is 11.9. The molecule has 2 heterocycles. The summed E-state index contributed by atoms with van der Waals surface area (Å²) in [6, 6.07) is 1.64. The fourth-order valence-electron chi connectivity index (χ4n) is 1.87. The molecule has 0 aliphatic carbocycles. The van der Waals surface area contributed by atoms with Crippen LogP contribution in [0.3, 0.4) is 0 Å². The van der Waals surface area contributed by atoms with Gasteiger partial charge >= 0.3 is 0 Å². The second-order valence-electron chi connectivity index (χ2n) is 4.35. The minimum atomic E-state index is 0.104. The summed E-state index contributed by atoms with van der Waals surface area (Å²) in [5.41, 5.74) is 6.21. The zero-order chi connectivity index (χ0) is 14.4. The monoisotopic (exact) mass is 293 g/mol. The summed E-state index contributed by atoms with van der Waals surface area (Å²) < 4.78 is 5.20. The second kappa shape index (κ2) is 7.13. The molecule has 0 bridgehead atoms. The Morgan fingerprint density at radius 1 is 1.50 bits per heavy atom. The fraction of sp³-hybridized carbons (Fsp3) is 0.429. The number of carbonyl (C=O) groups excluding carboxylic acids is 1. The van der Waals surface area contributed by atoms with Crippen molar-refractivity contribution < 1.29 is 9.53 Å². The molecule has 1 aliphatic heterocycles. The van der Waals surface area contributed by atoms with Crippen LogP contribution in [0.1, 0.15) is 18.4 Å². The highest BCUT2D eigenvalue weighted by Gasteiger charge is 2.15. The summed E-state index contributed by atoms with van der Waals surface area (Å²) >= 11 is 5.98. The Balaban J connectivity index is 1.87. The number of nitrogens with two attached hydrogens (primary N) is 1. The largest absolute Gasteiger partial charge is 0.383 e. The van der Waals surface area contributed by atoms with E-state index in [-0.39, 0.29) is 5.91 Å². The molecule has 0 spiro atoms. The minimum Gasteiger partial charge on any atom is -0.383 e. The first-order valence-electron chi connectivity index (χ1n) is 6.43. The van der Waals surface area contributed by atoms with Gasteiger partial charge in [0.1, 0.15) is 5.82 Å². The van der Waals surface area contributed by atoms with Crippen molar-refractivity contribution in [1.82, 2.24) is 9.88 Å². The lowest BCUT2D eigenvalue weighted by molar-refractivity contribution is -0.135. The first-order valence-corrected chi connectivity index (χ1v) is 6.80. The highest BCUT2D eigenvalue weighted by atomic mass is 35.5. The van der Waals surface area contributed by atoms with Gasteiger partial charge in [0.2, 0.25) is 5.91 Å². The van der Waals surface area contributed by atoms with Crippen molar-refractivity contribution in [2.75, 3.05) is 32.0 Å². The molecule has 1 saturated heterocycles. The Morgan fingerprint density at radius 2 is 2.25 bits per heavy atom. The number of aromatic nitrogens is 1. The van der Waals surface area contributed by atoms with Crippen molar-refractivity contribution in [3.63, 3.8) is 0 Å². The van der Waals surface area contributed by atoms with Crippen molar-refractivity contribution in [2.24, 2.45) is 0 Å². The van der Waals surface area contributed by atoms with Gasteiger partial charge in [-0.1, -0.05) is 23.4 Å². The molecule has 6 heteroatoms. The van der Waals surface area contributed by atoms with Crippen LogP contribution in [0.5, 0.6) is 0 Å². The quantitative estimate of drug-likeness (QED) is 0.835. The summed E-state index contributed by atoms with van der Waals surface area (Å²) in [5.74, 6) is 6.21. The molecule has 0 atom stereocenters. The molecule has 1 aromatic rings.